The molecule has 2 aromatic carbocycles. The highest BCUT2D eigenvalue weighted by Gasteiger charge is 2.15. The lowest BCUT2D eigenvalue weighted by molar-refractivity contribution is 0.475. The molecule has 0 saturated carbocycles. The molecule has 0 amide bonds. The van der Waals surface area contributed by atoms with Crippen molar-refractivity contribution < 1.29 is 13.5 Å². The molecule has 0 saturated heterocycles. The summed E-state index contributed by atoms with van der Waals surface area (Å²) in [6.45, 7) is 3.66. The molecule has 0 unspecified atom stereocenters. The van der Waals surface area contributed by atoms with Gasteiger partial charge in [-0.1, -0.05) is 23.8 Å². The van der Waals surface area contributed by atoms with E-state index < -0.39 is 10.0 Å². The maximum Gasteiger partial charge on any atom is 0.261 e. The van der Waals surface area contributed by atoms with E-state index in [9.17, 15) is 13.5 Å². The fourth-order valence-electron chi connectivity index (χ4n) is 1.64. The number of nitrogens with one attached hydrogen (secondary N) is 1. The van der Waals surface area contributed by atoms with E-state index >= 15 is 0 Å². The van der Waals surface area contributed by atoms with Crippen LogP contribution in [0, 0.1) is 13.8 Å². The van der Waals surface area contributed by atoms with Gasteiger partial charge in [0.15, 0.2) is 0 Å². The van der Waals surface area contributed by atoms with Gasteiger partial charge >= 0.3 is 0 Å². The minimum absolute atomic E-state index is 0.0206. The Morgan fingerprint density at radius 3 is 2.26 bits per heavy atom. The van der Waals surface area contributed by atoms with E-state index in [1.165, 1.54) is 12.1 Å². The van der Waals surface area contributed by atoms with Crippen LogP contribution in [0.2, 0.25) is 0 Å². The topological polar surface area (TPSA) is 66.4 Å². The van der Waals surface area contributed by atoms with Crippen LogP contribution in [0.4, 0.5) is 5.69 Å². The molecule has 0 radical (unpaired) electrons. The molecule has 4 nitrogen and oxygen atoms in total. The summed E-state index contributed by atoms with van der Waals surface area (Å²) < 4.78 is 26.8. The van der Waals surface area contributed by atoms with E-state index in [0.717, 1.165) is 11.1 Å². The van der Waals surface area contributed by atoms with Crippen LogP contribution >= 0.6 is 0 Å². The summed E-state index contributed by atoms with van der Waals surface area (Å²) in [5.74, 6) is 0.0206. The summed E-state index contributed by atoms with van der Waals surface area (Å²) in [6, 6.07) is 11.1. The van der Waals surface area contributed by atoms with Crippen molar-refractivity contribution in [3.63, 3.8) is 0 Å². The summed E-state index contributed by atoms with van der Waals surface area (Å²) in [4.78, 5) is 0.195. The van der Waals surface area contributed by atoms with Gasteiger partial charge in [0.05, 0.1) is 10.6 Å². The molecule has 2 rings (SSSR count). The molecule has 0 fully saturated rings. The second-order valence-corrected chi connectivity index (χ2v) is 6.10. The predicted molar refractivity (Wildman–Crippen MR) is 74.8 cm³/mol. The molecule has 0 aromatic heterocycles. The van der Waals surface area contributed by atoms with E-state index in [4.69, 9.17) is 0 Å². The van der Waals surface area contributed by atoms with Crippen molar-refractivity contribution in [2.75, 3.05) is 4.72 Å². The molecule has 0 aliphatic heterocycles. The number of hydrogen-bond donors (Lipinski definition) is 2. The molecule has 0 atom stereocenters. The van der Waals surface area contributed by atoms with Crippen molar-refractivity contribution >= 4 is 15.7 Å². The zero-order valence-corrected chi connectivity index (χ0v) is 11.5. The van der Waals surface area contributed by atoms with Crippen LogP contribution in [0.5, 0.6) is 5.75 Å². The van der Waals surface area contributed by atoms with Crippen LogP contribution < -0.4 is 4.72 Å². The smallest absolute Gasteiger partial charge is 0.261 e. The van der Waals surface area contributed by atoms with Crippen molar-refractivity contribution in [2.24, 2.45) is 0 Å². The fraction of sp³-hybridized carbons (Fsp3) is 0.143. The van der Waals surface area contributed by atoms with E-state index in [1.807, 2.05) is 6.92 Å². The zero-order chi connectivity index (χ0) is 14.0. The number of aromatic hydroxyl groups is 1. The molecule has 0 bridgehead atoms. The third-order valence-corrected chi connectivity index (χ3v) is 4.18. The molecular formula is C14H15NO3S. The normalized spacial score (nSPS) is 11.3. The minimum atomic E-state index is -3.63. The van der Waals surface area contributed by atoms with Gasteiger partial charge in [0.25, 0.3) is 10.0 Å². The quantitative estimate of drug-likeness (QED) is 0.906. The maximum absolute atomic E-state index is 12.2. The number of hydrogen-bond acceptors (Lipinski definition) is 3. The van der Waals surface area contributed by atoms with Crippen LogP contribution in [0.15, 0.2) is 47.4 Å². The molecule has 100 valence electrons. The molecule has 2 N–H and O–H groups in total. The number of anilines is 1. The van der Waals surface area contributed by atoms with Crippen molar-refractivity contribution in [2.45, 2.75) is 18.7 Å². The Morgan fingerprint density at radius 2 is 1.63 bits per heavy atom. The maximum atomic E-state index is 12.2. The molecular weight excluding hydrogens is 262 g/mol. The van der Waals surface area contributed by atoms with E-state index in [1.54, 1.807) is 37.3 Å². The van der Waals surface area contributed by atoms with Crippen molar-refractivity contribution in [3.05, 3.63) is 53.6 Å². The highest BCUT2D eigenvalue weighted by Crippen LogP contribution is 2.24. The molecule has 19 heavy (non-hydrogen) atoms. The number of phenols is 1. The van der Waals surface area contributed by atoms with Crippen LogP contribution in [0.3, 0.4) is 0 Å². The first kappa shape index (κ1) is 13.4. The monoisotopic (exact) mass is 277 g/mol. The zero-order valence-electron chi connectivity index (χ0n) is 10.7. The van der Waals surface area contributed by atoms with Crippen molar-refractivity contribution in [1.29, 1.82) is 0 Å². The summed E-state index contributed by atoms with van der Waals surface area (Å²) in [7, 11) is -3.63. The molecule has 0 heterocycles. The molecule has 5 heteroatoms. The van der Waals surface area contributed by atoms with Crippen molar-refractivity contribution in [3.8, 4) is 5.75 Å². The van der Waals surface area contributed by atoms with Gasteiger partial charge in [-0.2, -0.15) is 0 Å². The summed E-state index contributed by atoms with van der Waals surface area (Å²) >= 11 is 0. The second kappa shape index (κ2) is 4.93. The third kappa shape index (κ3) is 3.06. The van der Waals surface area contributed by atoms with Gasteiger partial charge in [0.2, 0.25) is 0 Å². The highest BCUT2D eigenvalue weighted by molar-refractivity contribution is 7.92. The standard InChI is InChI=1S/C14H15NO3S/c1-10-3-7-13(8-4-10)19(17,18)15-14-9-12(16)6-5-11(14)2/h3-9,15-16H,1-2H3. The van der Waals surface area contributed by atoms with Gasteiger partial charge in [-0.05, 0) is 37.6 Å². The van der Waals surface area contributed by atoms with Gasteiger partial charge in [-0.3, -0.25) is 4.72 Å². The summed E-state index contributed by atoms with van der Waals surface area (Å²) in [6.07, 6.45) is 0. The number of phenolic OH excluding ortho intramolecular Hbond substituents is 1. The van der Waals surface area contributed by atoms with Gasteiger partial charge in [0.1, 0.15) is 5.75 Å². The average molecular weight is 277 g/mol. The number of sulfonamides is 1. The number of rotatable bonds is 3. The van der Waals surface area contributed by atoms with Crippen molar-refractivity contribution in [1.82, 2.24) is 0 Å². The predicted octanol–water partition coefficient (Wildman–Crippen LogP) is 2.81. The Kier molecular flexibility index (Phi) is 3.48. The lowest BCUT2D eigenvalue weighted by Crippen LogP contribution is -2.13. The van der Waals surface area contributed by atoms with Crippen LogP contribution in [0.1, 0.15) is 11.1 Å². The summed E-state index contributed by atoms with van der Waals surface area (Å²) in [5, 5.41) is 9.41. The van der Waals surface area contributed by atoms with Gasteiger partial charge in [0, 0.05) is 6.07 Å². The molecule has 0 spiro atoms. The fourth-order valence-corrected chi connectivity index (χ4v) is 2.76. The SMILES string of the molecule is Cc1ccc(S(=O)(=O)Nc2cc(O)ccc2C)cc1. The van der Waals surface area contributed by atoms with E-state index in [0.29, 0.717) is 5.69 Å². The van der Waals surface area contributed by atoms with Crippen LogP contribution in [-0.4, -0.2) is 13.5 Å². The number of benzene rings is 2. The highest BCUT2D eigenvalue weighted by atomic mass is 32.2. The minimum Gasteiger partial charge on any atom is -0.508 e. The Labute approximate surface area is 112 Å². The van der Waals surface area contributed by atoms with Crippen LogP contribution in [-0.2, 0) is 10.0 Å². The number of aryl methyl sites for hydroxylation is 2. The molecule has 0 aliphatic rings. The third-order valence-electron chi connectivity index (χ3n) is 2.80. The average Bonchev–Trinajstić information content (AvgIpc) is 2.34. The van der Waals surface area contributed by atoms with Gasteiger partial charge in [-0.15, -0.1) is 0 Å². The lowest BCUT2D eigenvalue weighted by Gasteiger charge is -2.11. The lowest BCUT2D eigenvalue weighted by atomic mass is 10.2. The first-order valence-electron chi connectivity index (χ1n) is 5.77. The Balaban J connectivity index is 2.36. The van der Waals surface area contributed by atoms with E-state index in [-0.39, 0.29) is 10.6 Å². The summed E-state index contributed by atoms with van der Waals surface area (Å²) in [5.41, 5.74) is 2.11. The Hall–Kier alpha value is -2.01. The second-order valence-electron chi connectivity index (χ2n) is 4.42. The Morgan fingerprint density at radius 1 is 1.00 bits per heavy atom. The molecule has 2 aromatic rings. The Bertz CT molecular complexity index is 691. The van der Waals surface area contributed by atoms with Crippen LogP contribution in [0.25, 0.3) is 0 Å². The largest absolute Gasteiger partial charge is 0.508 e. The molecule has 0 aliphatic carbocycles. The van der Waals surface area contributed by atoms with Gasteiger partial charge < -0.3 is 5.11 Å². The first-order valence-corrected chi connectivity index (χ1v) is 7.26. The first-order chi connectivity index (χ1) is 8.88. The van der Waals surface area contributed by atoms with E-state index in [2.05, 4.69) is 4.72 Å². The van der Waals surface area contributed by atoms with Gasteiger partial charge in [-0.25, -0.2) is 8.42 Å².